The molecule has 0 aliphatic rings. The molecule has 0 aromatic heterocycles. The van der Waals surface area contributed by atoms with Crippen LogP contribution in [0.1, 0.15) is 25.8 Å². The van der Waals surface area contributed by atoms with Crippen molar-refractivity contribution in [1.29, 1.82) is 0 Å². The minimum atomic E-state index is 0.0269. The number of hydrogen-bond donors (Lipinski definition) is 0. The lowest BCUT2D eigenvalue weighted by Gasteiger charge is -2.09. The van der Waals surface area contributed by atoms with E-state index in [2.05, 4.69) is 0 Å². The first kappa shape index (κ1) is 14.1. The van der Waals surface area contributed by atoms with Crippen LogP contribution >= 0.6 is 9.03 Å². The van der Waals surface area contributed by atoms with Crippen LogP contribution in [-0.2, 0) is 15.7 Å². The maximum atomic E-state index is 11.5. The van der Waals surface area contributed by atoms with Crippen LogP contribution in [0.25, 0.3) is 0 Å². The highest BCUT2D eigenvalue weighted by Crippen LogP contribution is 2.22. The van der Waals surface area contributed by atoms with Crippen molar-refractivity contribution in [3.8, 4) is 5.75 Å². The highest BCUT2D eigenvalue weighted by molar-refractivity contribution is 7.26. The normalized spacial score (nSPS) is 12.9. The molecule has 0 aliphatic carbocycles. The largest absolute Gasteiger partial charge is 0.450 e. The standard InChI is InChI=1S/C13H19O3P/c1-4-13(14)10(2)9-11-5-7-12(8-6-11)16-17-15-3/h5-8,10,17H,4,9H2,1-3H3. The molecule has 1 aromatic rings. The van der Waals surface area contributed by atoms with E-state index in [-0.39, 0.29) is 15.0 Å². The molecule has 4 heteroatoms. The number of rotatable bonds is 7. The van der Waals surface area contributed by atoms with E-state index in [1.54, 1.807) is 7.11 Å². The van der Waals surface area contributed by atoms with E-state index in [1.165, 1.54) is 0 Å². The number of ketones is 1. The molecule has 94 valence electrons. The molecule has 0 fully saturated rings. The third-order valence-electron chi connectivity index (χ3n) is 2.61. The summed E-state index contributed by atoms with van der Waals surface area (Å²) in [5, 5.41) is 0. The molecule has 0 N–H and O–H groups in total. The molecule has 0 saturated carbocycles. The van der Waals surface area contributed by atoms with Gasteiger partial charge in [0.2, 0.25) is 9.03 Å². The smallest absolute Gasteiger partial charge is 0.215 e. The summed E-state index contributed by atoms with van der Waals surface area (Å²) in [6.45, 7) is 3.88. The molecule has 0 spiro atoms. The average molecular weight is 254 g/mol. The molecule has 0 saturated heterocycles. The van der Waals surface area contributed by atoms with Crippen molar-refractivity contribution in [3.05, 3.63) is 29.8 Å². The summed E-state index contributed by atoms with van der Waals surface area (Å²) in [5.74, 6) is 1.20. The first-order valence-corrected chi connectivity index (χ1v) is 6.55. The fourth-order valence-electron chi connectivity index (χ4n) is 1.60. The monoisotopic (exact) mass is 254 g/mol. The Hall–Kier alpha value is -0.920. The molecule has 0 amide bonds. The summed E-state index contributed by atoms with van der Waals surface area (Å²) in [4.78, 5) is 11.5. The van der Waals surface area contributed by atoms with Gasteiger partial charge in [0.05, 0.1) is 0 Å². The molecular formula is C13H19O3P. The maximum Gasteiger partial charge on any atom is 0.215 e. The summed E-state index contributed by atoms with van der Waals surface area (Å²) in [7, 11) is 1.63. The topological polar surface area (TPSA) is 35.5 Å². The van der Waals surface area contributed by atoms with Crippen molar-refractivity contribution >= 4 is 14.8 Å². The molecule has 0 radical (unpaired) electrons. The van der Waals surface area contributed by atoms with Crippen LogP contribution in [0.15, 0.2) is 24.3 Å². The predicted molar refractivity (Wildman–Crippen MR) is 70.6 cm³/mol. The summed E-state index contributed by atoms with van der Waals surface area (Å²) in [5.41, 5.74) is 1.16. The quantitative estimate of drug-likeness (QED) is 0.700. The van der Waals surface area contributed by atoms with Gasteiger partial charge < -0.3 is 9.05 Å². The number of hydrogen-bond acceptors (Lipinski definition) is 3. The Morgan fingerprint density at radius 2 is 2.00 bits per heavy atom. The second-order valence-electron chi connectivity index (χ2n) is 3.96. The molecule has 0 heterocycles. The third-order valence-corrected chi connectivity index (χ3v) is 3.09. The lowest BCUT2D eigenvalue weighted by atomic mass is 9.96. The van der Waals surface area contributed by atoms with Crippen molar-refractivity contribution in [2.24, 2.45) is 5.92 Å². The lowest BCUT2D eigenvalue weighted by Crippen LogP contribution is -2.12. The summed E-state index contributed by atoms with van der Waals surface area (Å²) < 4.78 is 10.2. The van der Waals surface area contributed by atoms with Gasteiger partial charge in [0.15, 0.2) is 0 Å². The van der Waals surface area contributed by atoms with Crippen molar-refractivity contribution in [1.82, 2.24) is 0 Å². The van der Waals surface area contributed by atoms with E-state index in [4.69, 9.17) is 9.05 Å². The molecule has 3 nitrogen and oxygen atoms in total. The average Bonchev–Trinajstić information content (AvgIpc) is 2.37. The van der Waals surface area contributed by atoms with E-state index >= 15 is 0 Å². The fourth-order valence-corrected chi connectivity index (χ4v) is 1.91. The van der Waals surface area contributed by atoms with Crippen molar-refractivity contribution in [3.63, 3.8) is 0 Å². The molecule has 1 rings (SSSR count). The van der Waals surface area contributed by atoms with Crippen LogP contribution in [0.4, 0.5) is 0 Å². The summed E-state index contributed by atoms with van der Waals surface area (Å²) in [6, 6.07) is 7.80. The van der Waals surface area contributed by atoms with Gasteiger partial charge in [0.1, 0.15) is 11.5 Å². The first-order chi connectivity index (χ1) is 8.17. The van der Waals surface area contributed by atoms with E-state index in [0.717, 1.165) is 17.7 Å². The molecule has 17 heavy (non-hydrogen) atoms. The second kappa shape index (κ2) is 7.41. The molecule has 1 aromatic carbocycles. The van der Waals surface area contributed by atoms with Gasteiger partial charge in [-0.1, -0.05) is 26.0 Å². The summed E-state index contributed by atoms with van der Waals surface area (Å²) in [6.07, 6.45) is 1.40. The Balaban J connectivity index is 2.53. The Bertz CT molecular complexity index is 348. The third kappa shape index (κ3) is 4.84. The number of Topliss-reactive ketones (excluding diaryl/α,β-unsaturated/α-hetero) is 1. The Labute approximate surface area is 104 Å². The highest BCUT2D eigenvalue weighted by Gasteiger charge is 2.11. The minimum Gasteiger partial charge on any atom is -0.450 e. The Morgan fingerprint density at radius 3 is 2.53 bits per heavy atom. The zero-order chi connectivity index (χ0) is 12.7. The molecule has 0 bridgehead atoms. The summed E-state index contributed by atoms with van der Waals surface area (Å²) >= 11 is 0. The van der Waals surface area contributed by atoms with E-state index in [0.29, 0.717) is 12.2 Å². The van der Waals surface area contributed by atoms with Crippen LogP contribution in [0.2, 0.25) is 0 Å². The number of benzene rings is 1. The van der Waals surface area contributed by atoms with Crippen LogP contribution < -0.4 is 4.52 Å². The number of carbonyl (C=O) groups excluding carboxylic acids is 1. The molecule has 2 atom stereocenters. The van der Waals surface area contributed by atoms with Crippen LogP contribution in [0, 0.1) is 5.92 Å². The van der Waals surface area contributed by atoms with Gasteiger partial charge in [0, 0.05) is 19.4 Å². The predicted octanol–water partition coefficient (Wildman–Crippen LogP) is 3.38. The van der Waals surface area contributed by atoms with Gasteiger partial charge in [-0.2, -0.15) is 0 Å². The fraction of sp³-hybridized carbons (Fsp3) is 0.462. The van der Waals surface area contributed by atoms with Crippen molar-refractivity contribution in [2.75, 3.05) is 7.11 Å². The molecule has 0 aliphatic heterocycles. The van der Waals surface area contributed by atoms with Gasteiger partial charge in [-0.25, -0.2) is 0 Å². The van der Waals surface area contributed by atoms with Crippen LogP contribution in [-0.4, -0.2) is 12.9 Å². The molecular weight excluding hydrogens is 235 g/mol. The van der Waals surface area contributed by atoms with Gasteiger partial charge in [-0.15, -0.1) is 0 Å². The van der Waals surface area contributed by atoms with E-state index in [1.807, 2.05) is 38.1 Å². The van der Waals surface area contributed by atoms with Gasteiger partial charge in [-0.05, 0) is 24.1 Å². The maximum absolute atomic E-state index is 11.5. The van der Waals surface area contributed by atoms with Crippen LogP contribution in [0.3, 0.4) is 0 Å². The highest BCUT2D eigenvalue weighted by atomic mass is 31.1. The molecule has 2 unspecified atom stereocenters. The minimum absolute atomic E-state index is 0.0269. The van der Waals surface area contributed by atoms with Crippen molar-refractivity contribution in [2.45, 2.75) is 26.7 Å². The first-order valence-electron chi connectivity index (χ1n) is 5.73. The van der Waals surface area contributed by atoms with Crippen molar-refractivity contribution < 1.29 is 13.8 Å². The lowest BCUT2D eigenvalue weighted by molar-refractivity contribution is -0.122. The second-order valence-corrected chi connectivity index (χ2v) is 4.74. The van der Waals surface area contributed by atoms with E-state index in [9.17, 15) is 4.79 Å². The van der Waals surface area contributed by atoms with Crippen LogP contribution in [0.5, 0.6) is 5.75 Å². The number of carbonyl (C=O) groups is 1. The zero-order valence-electron chi connectivity index (χ0n) is 10.5. The zero-order valence-corrected chi connectivity index (χ0v) is 11.5. The van der Waals surface area contributed by atoms with Gasteiger partial charge in [0.25, 0.3) is 0 Å². The van der Waals surface area contributed by atoms with Gasteiger partial charge in [-0.3, -0.25) is 4.79 Å². The Morgan fingerprint density at radius 1 is 1.35 bits per heavy atom. The Kier molecular flexibility index (Phi) is 6.17. The SMILES string of the molecule is CCC(=O)C(C)Cc1ccc(OPOC)cc1. The van der Waals surface area contributed by atoms with E-state index < -0.39 is 0 Å². The van der Waals surface area contributed by atoms with Gasteiger partial charge >= 0.3 is 0 Å².